The molecule has 2 unspecified atom stereocenters. The Balaban J connectivity index is 1.87. The third-order valence-corrected chi connectivity index (χ3v) is 5.79. The van der Waals surface area contributed by atoms with Crippen LogP contribution >= 0.6 is 11.3 Å². The third-order valence-electron chi connectivity index (χ3n) is 4.67. The largest absolute Gasteiger partial charge is 0.383 e. The van der Waals surface area contributed by atoms with E-state index in [1.807, 2.05) is 24.4 Å². The fraction of sp³-hybridized carbons (Fsp3) is 0.722. The molecule has 25 heavy (non-hydrogen) atoms. The van der Waals surface area contributed by atoms with E-state index in [4.69, 9.17) is 0 Å². The van der Waals surface area contributed by atoms with Gasteiger partial charge in [0.15, 0.2) is 5.96 Å². The lowest BCUT2D eigenvalue weighted by atomic mass is 10.1. The summed E-state index contributed by atoms with van der Waals surface area (Å²) in [4.78, 5) is 10.4. The molecule has 3 N–H and O–H groups in total. The highest BCUT2D eigenvalue weighted by Crippen LogP contribution is 2.25. The van der Waals surface area contributed by atoms with E-state index in [-0.39, 0.29) is 0 Å². The Morgan fingerprint density at radius 2 is 2.08 bits per heavy atom. The summed E-state index contributed by atoms with van der Waals surface area (Å²) in [6, 6.07) is 4.37. The van der Waals surface area contributed by atoms with Gasteiger partial charge < -0.3 is 20.6 Å². The number of aliphatic hydroxyl groups is 1. The van der Waals surface area contributed by atoms with Gasteiger partial charge in [-0.05, 0) is 39.3 Å². The molecule has 6 nitrogen and oxygen atoms in total. The summed E-state index contributed by atoms with van der Waals surface area (Å²) >= 11 is 1.56. The molecule has 0 aliphatic carbocycles. The molecule has 2 heterocycles. The van der Waals surface area contributed by atoms with Crippen LogP contribution in [-0.2, 0) is 5.60 Å². The monoisotopic (exact) mass is 367 g/mol. The van der Waals surface area contributed by atoms with E-state index in [9.17, 15) is 5.11 Å². The highest BCUT2D eigenvalue weighted by atomic mass is 32.1. The number of rotatable bonds is 7. The summed E-state index contributed by atoms with van der Waals surface area (Å²) in [7, 11) is 2.18. The number of guanidine groups is 1. The number of piperazine rings is 1. The maximum Gasteiger partial charge on any atom is 0.191 e. The number of hydrogen-bond donors (Lipinski definition) is 3. The van der Waals surface area contributed by atoms with Crippen molar-refractivity contribution in [2.24, 2.45) is 4.99 Å². The molecule has 1 saturated heterocycles. The minimum absolute atomic E-state index is 0.339. The average Bonchev–Trinajstić information content (AvgIpc) is 3.13. The highest BCUT2D eigenvalue weighted by molar-refractivity contribution is 7.10. The molecule has 0 aromatic carbocycles. The molecule has 0 radical (unpaired) electrons. The van der Waals surface area contributed by atoms with Crippen molar-refractivity contribution in [2.75, 3.05) is 52.9 Å². The minimum Gasteiger partial charge on any atom is -0.383 e. The van der Waals surface area contributed by atoms with Gasteiger partial charge in [-0.3, -0.25) is 4.90 Å². The Morgan fingerprint density at radius 1 is 1.36 bits per heavy atom. The molecule has 1 aliphatic heterocycles. The summed E-state index contributed by atoms with van der Waals surface area (Å²) in [5, 5.41) is 19.3. The van der Waals surface area contributed by atoms with Gasteiger partial charge >= 0.3 is 0 Å². The first-order chi connectivity index (χ1) is 11.9. The van der Waals surface area contributed by atoms with E-state index >= 15 is 0 Å². The smallest absolute Gasteiger partial charge is 0.191 e. The molecule has 0 saturated carbocycles. The lowest BCUT2D eigenvalue weighted by Crippen LogP contribution is -2.52. The van der Waals surface area contributed by atoms with Gasteiger partial charge in [-0.2, -0.15) is 0 Å². The lowest BCUT2D eigenvalue weighted by Gasteiger charge is -2.36. The van der Waals surface area contributed by atoms with Crippen molar-refractivity contribution < 1.29 is 5.11 Å². The third kappa shape index (κ3) is 6.26. The van der Waals surface area contributed by atoms with Gasteiger partial charge in [-0.25, -0.2) is 4.99 Å². The van der Waals surface area contributed by atoms with E-state index in [1.165, 1.54) is 0 Å². The topological polar surface area (TPSA) is 63.1 Å². The fourth-order valence-corrected chi connectivity index (χ4v) is 3.65. The quantitative estimate of drug-likeness (QED) is 0.498. The SMILES string of the molecule is CCNC(=NCC(C)(O)c1cccs1)NCC(C)N1CCN(C)CC1. The van der Waals surface area contributed by atoms with Crippen LogP contribution in [0.4, 0.5) is 0 Å². The van der Waals surface area contributed by atoms with Crippen LogP contribution in [-0.4, -0.2) is 79.8 Å². The van der Waals surface area contributed by atoms with Gasteiger partial charge in [0.05, 0.1) is 6.54 Å². The second-order valence-electron chi connectivity index (χ2n) is 7.02. The van der Waals surface area contributed by atoms with Crippen LogP contribution in [0, 0.1) is 0 Å². The number of hydrogen-bond acceptors (Lipinski definition) is 5. The molecule has 142 valence electrons. The van der Waals surface area contributed by atoms with Crippen molar-refractivity contribution >= 4 is 17.3 Å². The van der Waals surface area contributed by atoms with Crippen molar-refractivity contribution in [1.29, 1.82) is 0 Å². The molecule has 1 aromatic heterocycles. The first-order valence-corrected chi connectivity index (χ1v) is 10.0. The maximum atomic E-state index is 10.6. The van der Waals surface area contributed by atoms with Gasteiger partial charge in [0.25, 0.3) is 0 Å². The number of aliphatic imine (C=N–C) groups is 1. The summed E-state index contributed by atoms with van der Waals surface area (Å²) in [5.74, 6) is 0.764. The zero-order valence-electron chi connectivity index (χ0n) is 16.0. The van der Waals surface area contributed by atoms with Gasteiger partial charge in [0.2, 0.25) is 0 Å². The molecule has 7 heteroatoms. The summed E-state index contributed by atoms with van der Waals surface area (Å²) in [5.41, 5.74) is -0.931. The minimum atomic E-state index is -0.931. The van der Waals surface area contributed by atoms with Gasteiger partial charge in [0.1, 0.15) is 5.60 Å². The molecule has 1 aromatic rings. The molecule has 0 bridgehead atoms. The first-order valence-electron chi connectivity index (χ1n) is 9.13. The summed E-state index contributed by atoms with van der Waals surface area (Å²) < 4.78 is 0. The van der Waals surface area contributed by atoms with Crippen LogP contribution in [0.25, 0.3) is 0 Å². The Bertz CT molecular complexity index is 524. The summed E-state index contributed by atoms with van der Waals surface area (Å²) in [6.45, 7) is 12.6. The molecule has 1 aliphatic rings. The lowest BCUT2D eigenvalue weighted by molar-refractivity contribution is 0.0711. The molecule has 0 spiro atoms. The second-order valence-corrected chi connectivity index (χ2v) is 7.96. The van der Waals surface area contributed by atoms with Gasteiger partial charge in [-0.1, -0.05) is 6.07 Å². The van der Waals surface area contributed by atoms with Crippen molar-refractivity contribution in [3.05, 3.63) is 22.4 Å². The average molecular weight is 368 g/mol. The predicted molar refractivity (Wildman–Crippen MR) is 106 cm³/mol. The number of thiophene rings is 1. The van der Waals surface area contributed by atoms with Crippen LogP contribution in [0.3, 0.4) is 0 Å². The van der Waals surface area contributed by atoms with Crippen molar-refractivity contribution in [3.63, 3.8) is 0 Å². The molecular formula is C18H33N5OS. The van der Waals surface area contributed by atoms with E-state index in [0.717, 1.165) is 50.1 Å². The second kappa shape index (κ2) is 9.52. The number of likely N-dealkylation sites (N-methyl/N-ethyl adjacent to an activating group) is 1. The first kappa shape index (κ1) is 20.2. The van der Waals surface area contributed by atoms with E-state index in [1.54, 1.807) is 11.3 Å². The van der Waals surface area contributed by atoms with Gasteiger partial charge in [0, 0.05) is 50.2 Å². The fourth-order valence-electron chi connectivity index (χ4n) is 2.87. The van der Waals surface area contributed by atoms with E-state index in [0.29, 0.717) is 12.6 Å². The Labute approximate surface area is 155 Å². The molecule has 0 amide bonds. The van der Waals surface area contributed by atoms with E-state index in [2.05, 4.69) is 46.3 Å². The Morgan fingerprint density at radius 3 is 2.68 bits per heavy atom. The normalized spacial score (nSPS) is 20.9. The van der Waals surface area contributed by atoms with Crippen molar-refractivity contribution in [3.8, 4) is 0 Å². The zero-order valence-corrected chi connectivity index (χ0v) is 16.8. The maximum absolute atomic E-state index is 10.6. The van der Waals surface area contributed by atoms with Crippen LogP contribution in [0.15, 0.2) is 22.5 Å². The molecule has 1 fully saturated rings. The summed E-state index contributed by atoms with van der Waals surface area (Å²) in [6.07, 6.45) is 0. The molecule has 2 rings (SSSR count). The standard InChI is InChI=1S/C18H33N5OS/c1-5-19-17(21-14-18(3,24)16-7-6-12-25-16)20-13-15(2)23-10-8-22(4)9-11-23/h6-7,12,15,24H,5,8-11,13-14H2,1-4H3,(H2,19,20,21). The van der Waals surface area contributed by atoms with Crippen LogP contribution in [0.1, 0.15) is 25.6 Å². The molecule has 2 atom stereocenters. The number of nitrogens with one attached hydrogen (secondary N) is 2. The molecular weight excluding hydrogens is 334 g/mol. The zero-order chi connectivity index (χ0) is 18.3. The van der Waals surface area contributed by atoms with Gasteiger partial charge in [-0.15, -0.1) is 11.3 Å². The van der Waals surface area contributed by atoms with Crippen LogP contribution in [0.2, 0.25) is 0 Å². The number of nitrogens with zero attached hydrogens (tertiary/aromatic N) is 3. The van der Waals surface area contributed by atoms with Crippen molar-refractivity contribution in [1.82, 2.24) is 20.4 Å². The predicted octanol–water partition coefficient (Wildman–Crippen LogP) is 1.15. The van der Waals surface area contributed by atoms with Crippen molar-refractivity contribution in [2.45, 2.75) is 32.4 Å². The Kier molecular flexibility index (Phi) is 7.68. The van der Waals surface area contributed by atoms with Crippen LogP contribution in [0.5, 0.6) is 0 Å². The Hall–Kier alpha value is -1.15. The van der Waals surface area contributed by atoms with Crippen LogP contribution < -0.4 is 10.6 Å². The van der Waals surface area contributed by atoms with E-state index < -0.39 is 5.60 Å². The highest BCUT2D eigenvalue weighted by Gasteiger charge is 2.24.